The van der Waals surface area contributed by atoms with Crippen LogP contribution in [0.15, 0.2) is 11.5 Å². The van der Waals surface area contributed by atoms with Gasteiger partial charge in [0.1, 0.15) is 0 Å². The van der Waals surface area contributed by atoms with Crippen molar-refractivity contribution in [3.05, 3.63) is 11.5 Å². The lowest BCUT2D eigenvalue weighted by Gasteiger charge is -2.37. The monoisotopic (exact) mass is 253 g/mol. The Kier molecular flexibility index (Phi) is 2.82. The minimum absolute atomic E-state index is 0.130. The van der Waals surface area contributed by atoms with Crippen molar-refractivity contribution in [2.75, 3.05) is 32.8 Å². The molecule has 1 rings (SSSR count). The van der Waals surface area contributed by atoms with Gasteiger partial charge in [0, 0.05) is 19.6 Å². The summed E-state index contributed by atoms with van der Waals surface area (Å²) in [7, 11) is -9.37. The van der Waals surface area contributed by atoms with Gasteiger partial charge in [-0.05, 0) is 0 Å². The Morgan fingerprint density at radius 1 is 1.07 bits per heavy atom. The summed E-state index contributed by atoms with van der Waals surface area (Å²) < 4.78 is 64.2. The molecule has 0 amide bonds. The Morgan fingerprint density at radius 3 is 2.07 bits per heavy atom. The van der Waals surface area contributed by atoms with Crippen molar-refractivity contribution < 1.29 is 24.2 Å². The van der Waals surface area contributed by atoms with Crippen LogP contribution in [0.25, 0.3) is 0 Å². The van der Waals surface area contributed by atoms with Crippen LogP contribution in [0.4, 0.5) is 19.4 Å². The maximum Gasteiger partial charge on any atom is 0.304 e. The van der Waals surface area contributed by atoms with E-state index in [-0.39, 0.29) is 6.54 Å². The van der Waals surface area contributed by atoms with Crippen LogP contribution in [0.2, 0.25) is 0 Å². The Hall–Kier alpha value is -0.340. The topological polar surface area (TPSA) is 12.5 Å². The molecule has 0 saturated carbocycles. The zero-order valence-electron chi connectivity index (χ0n) is 7.84. The average molecular weight is 253 g/mol. The van der Waals surface area contributed by atoms with E-state index in [0.29, 0.717) is 32.4 Å². The first-order valence-electron chi connectivity index (χ1n) is 4.27. The molecule has 1 fully saturated rings. The molecular weight excluding hydrogens is 241 g/mol. The van der Waals surface area contributed by atoms with Gasteiger partial charge in [-0.1, -0.05) is 25.5 Å². The van der Waals surface area contributed by atoms with Gasteiger partial charge >= 0.3 is 10.2 Å². The van der Waals surface area contributed by atoms with E-state index in [4.69, 9.17) is 4.74 Å². The van der Waals surface area contributed by atoms with Crippen molar-refractivity contribution in [3.8, 4) is 0 Å². The number of hydrogen-bond donors (Lipinski definition) is 0. The highest BCUT2D eigenvalue weighted by molar-refractivity contribution is 8.48. The number of rotatable bonds is 3. The van der Waals surface area contributed by atoms with E-state index in [2.05, 4.69) is 0 Å². The van der Waals surface area contributed by atoms with Gasteiger partial charge in [0.25, 0.3) is 0 Å². The van der Waals surface area contributed by atoms with Crippen LogP contribution >= 0.6 is 10.2 Å². The Labute approximate surface area is 84.4 Å². The molecule has 1 aliphatic heterocycles. The van der Waals surface area contributed by atoms with Gasteiger partial charge < -0.3 is 4.74 Å². The van der Waals surface area contributed by atoms with Crippen LogP contribution in [-0.4, -0.2) is 37.7 Å². The summed E-state index contributed by atoms with van der Waals surface area (Å²) >= 11 is 0. The summed E-state index contributed by atoms with van der Waals surface area (Å²) in [4.78, 5) is 1.61. The van der Waals surface area contributed by atoms with E-state index < -0.39 is 15.6 Å². The van der Waals surface area contributed by atoms with Crippen molar-refractivity contribution in [1.82, 2.24) is 4.90 Å². The number of halogens is 5. The molecule has 0 unspecified atom stereocenters. The van der Waals surface area contributed by atoms with E-state index in [1.165, 1.54) is 0 Å². The Bertz CT molecular complexity index is 254. The molecule has 0 aromatic heterocycles. The molecule has 1 aliphatic rings. The smallest absolute Gasteiger partial charge is 0.304 e. The first-order valence-corrected chi connectivity index (χ1v) is 6.29. The van der Waals surface area contributed by atoms with E-state index in [1.807, 2.05) is 0 Å². The fourth-order valence-corrected chi connectivity index (χ4v) is 1.61. The maximum absolute atomic E-state index is 11.8. The highest BCUT2D eigenvalue weighted by Gasteiger charge is 2.60. The van der Waals surface area contributed by atoms with Crippen molar-refractivity contribution >= 4 is 10.2 Å². The van der Waals surface area contributed by atoms with E-state index in [0.717, 1.165) is 0 Å². The first-order chi connectivity index (χ1) is 6.55. The maximum atomic E-state index is 11.8. The van der Waals surface area contributed by atoms with Gasteiger partial charge in [-0.15, -0.1) is 0 Å². The standard InChI is InChI=1S/C7H12F5NOS/c8-15(9,10,11,12)7-1-2-13-3-5-14-6-4-13/h1,7H,2-6H2/b7-1+. The van der Waals surface area contributed by atoms with Crippen LogP contribution in [0.3, 0.4) is 0 Å². The summed E-state index contributed by atoms with van der Waals surface area (Å²) in [5.74, 6) is 0. The highest BCUT2D eigenvalue weighted by Crippen LogP contribution is 2.98. The predicted octanol–water partition coefficient (Wildman–Crippen LogP) is 3.13. The SMILES string of the molecule is FS(F)(F)(F)(F)/C=C/CN1CCOCC1. The molecular formula is C7H12F5NOS. The highest BCUT2D eigenvalue weighted by atomic mass is 32.5. The van der Waals surface area contributed by atoms with E-state index >= 15 is 0 Å². The summed E-state index contributed by atoms with van der Waals surface area (Å²) in [6.07, 6.45) is 0.465. The third-order valence-corrected chi connectivity index (χ3v) is 2.53. The molecule has 1 saturated heterocycles. The third-order valence-electron chi connectivity index (χ3n) is 1.82. The molecule has 2 nitrogen and oxygen atoms in total. The number of ether oxygens (including phenoxy) is 1. The van der Waals surface area contributed by atoms with Crippen LogP contribution < -0.4 is 0 Å². The van der Waals surface area contributed by atoms with Crippen molar-refractivity contribution in [2.45, 2.75) is 0 Å². The van der Waals surface area contributed by atoms with Crippen LogP contribution in [-0.2, 0) is 4.74 Å². The summed E-state index contributed by atoms with van der Waals surface area (Å²) in [5.41, 5.74) is 0. The van der Waals surface area contributed by atoms with Gasteiger partial charge in [0.05, 0.1) is 18.6 Å². The van der Waals surface area contributed by atoms with Crippen LogP contribution in [0.1, 0.15) is 0 Å². The van der Waals surface area contributed by atoms with E-state index in [9.17, 15) is 19.4 Å². The molecule has 0 aliphatic carbocycles. The first kappa shape index (κ1) is 12.7. The molecule has 15 heavy (non-hydrogen) atoms. The fourth-order valence-electron chi connectivity index (χ4n) is 1.16. The van der Waals surface area contributed by atoms with Gasteiger partial charge in [-0.25, -0.2) is 0 Å². The third kappa shape index (κ3) is 6.69. The summed E-state index contributed by atoms with van der Waals surface area (Å²) in [6, 6.07) is 0. The van der Waals surface area contributed by atoms with Gasteiger partial charge in [-0.3, -0.25) is 4.90 Å². The average Bonchev–Trinajstić information content (AvgIpc) is 2.01. The second-order valence-electron chi connectivity index (χ2n) is 3.31. The molecule has 0 spiro atoms. The zero-order valence-corrected chi connectivity index (χ0v) is 8.66. The number of hydrogen-bond acceptors (Lipinski definition) is 2. The summed E-state index contributed by atoms with van der Waals surface area (Å²) in [6.45, 7) is 1.64. The molecule has 0 bridgehead atoms. The quantitative estimate of drug-likeness (QED) is 0.716. The van der Waals surface area contributed by atoms with Crippen molar-refractivity contribution in [1.29, 1.82) is 0 Å². The van der Waals surface area contributed by atoms with Crippen LogP contribution in [0, 0.1) is 0 Å². The Balaban J connectivity index is 2.46. The molecule has 8 heteroatoms. The van der Waals surface area contributed by atoms with Gasteiger partial charge in [0.2, 0.25) is 0 Å². The van der Waals surface area contributed by atoms with E-state index in [1.54, 1.807) is 4.90 Å². The largest absolute Gasteiger partial charge is 0.379 e. The van der Waals surface area contributed by atoms with Gasteiger partial charge in [-0.2, -0.15) is 0 Å². The Morgan fingerprint density at radius 2 is 1.60 bits per heavy atom. The zero-order chi connectivity index (χ0) is 11.6. The van der Waals surface area contributed by atoms with Crippen LogP contribution in [0.5, 0.6) is 0 Å². The normalized spacial score (nSPS) is 25.1. The molecule has 92 valence electrons. The molecule has 0 aromatic rings. The van der Waals surface area contributed by atoms with Gasteiger partial charge in [0.15, 0.2) is 0 Å². The molecule has 1 heterocycles. The molecule has 0 N–H and O–H groups in total. The minimum Gasteiger partial charge on any atom is -0.379 e. The fraction of sp³-hybridized carbons (Fsp3) is 0.714. The van der Waals surface area contributed by atoms with Crippen molar-refractivity contribution in [3.63, 3.8) is 0 Å². The number of morpholine rings is 1. The second-order valence-corrected chi connectivity index (χ2v) is 5.64. The number of nitrogens with zero attached hydrogens (tertiary/aromatic N) is 1. The predicted molar refractivity (Wildman–Crippen MR) is 49.5 cm³/mol. The molecule has 0 atom stereocenters. The molecule has 0 aromatic carbocycles. The lowest BCUT2D eigenvalue weighted by Crippen LogP contribution is -2.36. The summed E-state index contributed by atoms with van der Waals surface area (Å²) in [5, 5.41) is -0.893. The second kappa shape index (κ2) is 3.33. The van der Waals surface area contributed by atoms with Crippen molar-refractivity contribution in [2.24, 2.45) is 0 Å². The lowest BCUT2D eigenvalue weighted by molar-refractivity contribution is 0.0434. The lowest BCUT2D eigenvalue weighted by atomic mass is 10.4. The minimum atomic E-state index is -9.37. The molecule has 0 radical (unpaired) electrons.